The first-order valence-electron chi connectivity index (χ1n) is 14.1. The second-order valence-corrected chi connectivity index (χ2v) is 11.9. The molecule has 0 saturated carbocycles. The van der Waals surface area contributed by atoms with Crippen LogP contribution < -0.4 is 14.4 Å². The van der Waals surface area contributed by atoms with Gasteiger partial charge in [0.25, 0.3) is 10.0 Å². The van der Waals surface area contributed by atoms with Gasteiger partial charge in [-0.1, -0.05) is 90.5 Å². The standard InChI is InChI=1S/C34H37N3O5S/c1-4-42-32-21-12-11-20-30(32)37(43(40,41)29-18-9-6-10-19-29)25-33(38)36(24-28-17-13-14-26(2)22-28)31(34(39)35-3)23-27-15-7-5-8-16-27/h5-22,31H,4,23-25H2,1-3H3,(H,35,39)/t31-/m1/s1. The fourth-order valence-electron chi connectivity index (χ4n) is 4.90. The van der Waals surface area contributed by atoms with E-state index in [1.807, 2.05) is 61.5 Å². The Hall–Kier alpha value is -4.63. The van der Waals surface area contributed by atoms with Crippen molar-refractivity contribution in [2.45, 2.75) is 37.8 Å². The first-order valence-corrected chi connectivity index (χ1v) is 15.6. The lowest BCUT2D eigenvalue weighted by molar-refractivity contribution is -0.139. The second kappa shape index (κ2) is 14.5. The number of ether oxygens (including phenoxy) is 1. The van der Waals surface area contributed by atoms with Crippen molar-refractivity contribution >= 4 is 27.5 Å². The number of nitrogens with one attached hydrogen (secondary N) is 1. The van der Waals surface area contributed by atoms with Crippen LogP contribution in [0.1, 0.15) is 23.6 Å². The molecular formula is C34H37N3O5S. The summed E-state index contributed by atoms with van der Waals surface area (Å²) in [6, 6.07) is 30.9. The Balaban J connectivity index is 1.82. The molecule has 0 spiro atoms. The molecule has 0 unspecified atom stereocenters. The van der Waals surface area contributed by atoms with E-state index in [0.717, 1.165) is 21.0 Å². The Morgan fingerprint density at radius 3 is 2.12 bits per heavy atom. The molecule has 4 aromatic carbocycles. The SMILES string of the molecule is CCOc1ccccc1N(CC(=O)N(Cc1cccc(C)c1)[C@H](Cc1ccccc1)C(=O)NC)S(=O)(=O)c1ccccc1. The summed E-state index contributed by atoms with van der Waals surface area (Å²) in [4.78, 5) is 29.3. The van der Waals surface area contributed by atoms with Gasteiger partial charge < -0.3 is 15.0 Å². The van der Waals surface area contributed by atoms with Crippen LogP contribution >= 0.6 is 0 Å². The average Bonchev–Trinajstić information content (AvgIpc) is 3.02. The molecular weight excluding hydrogens is 562 g/mol. The fourth-order valence-corrected chi connectivity index (χ4v) is 6.35. The molecule has 1 atom stereocenters. The zero-order valence-corrected chi connectivity index (χ0v) is 25.5. The van der Waals surface area contributed by atoms with Crippen LogP contribution in [0.4, 0.5) is 5.69 Å². The predicted octanol–water partition coefficient (Wildman–Crippen LogP) is 4.98. The highest BCUT2D eigenvalue weighted by Crippen LogP contribution is 2.33. The summed E-state index contributed by atoms with van der Waals surface area (Å²) in [5, 5.41) is 2.70. The number of carbonyl (C=O) groups is 2. The summed E-state index contributed by atoms with van der Waals surface area (Å²) in [6.45, 7) is 3.63. The van der Waals surface area contributed by atoms with Crippen LogP contribution in [0.2, 0.25) is 0 Å². The highest BCUT2D eigenvalue weighted by Gasteiger charge is 2.35. The van der Waals surface area contributed by atoms with E-state index in [1.54, 1.807) is 49.4 Å². The number of benzene rings is 4. The smallest absolute Gasteiger partial charge is 0.264 e. The van der Waals surface area contributed by atoms with Crippen molar-refractivity contribution in [1.29, 1.82) is 0 Å². The van der Waals surface area contributed by atoms with Crippen LogP contribution in [0.25, 0.3) is 0 Å². The van der Waals surface area contributed by atoms with Crippen molar-refractivity contribution in [2.24, 2.45) is 0 Å². The van der Waals surface area contributed by atoms with Crippen LogP contribution in [-0.4, -0.2) is 51.4 Å². The lowest BCUT2D eigenvalue weighted by Gasteiger charge is -2.34. The quantitative estimate of drug-likeness (QED) is 0.234. The van der Waals surface area contributed by atoms with Crippen LogP contribution in [0, 0.1) is 6.92 Å². The van der Waals surface area contributed by atoms with Gasteiger partial charge in [0.2, 0.25) is 11.8 Å². The van der Waals surface area contributed by atoms with Crippen LogP contribution in [0.3, 0.4) is 0 Å². The minimum atomic E-state index is -4.21. The van der Waals surface area contributed by atoms with Gasteiger partial charge >= 0.3 is 0 Å². The molecule has 8 nitrogen and oxygen atoms in total. The first-order chi connectivity index (χ1) is 20.7. The number of amides is 2. The molecule has 0 saturated heterocycles. The fraction of sp³-hybridized carbons (Fsp3) is 0.235. The van der Waals surface area contributed by atoms with E-state index in [0.29, 0.717) is 12.4 Å². The molecule has 224 valence electrons. The van der Waals surface area contributed by atoms with Crippen LogP contribution in [0.5, 0.6) is 5.75 Å². The summed E-state index contributed by atoms with van der Waals surface area (Å²) < 4.78 is 35.1. The summed E-state index contributed by atoms with van der Waals surface area (Å²) in [5.74, 6) is -0.552. The van der Waals surface area contributed by atoms with Crippen molar-refractivity contribution in [3.8, 4) is 5.75 Å². The van der Waals surface area contributed by atoms with E-state index in [4.69, 9.17) is 4.74 Å². The number of para-hydroxylation sites is 2. The molecule has 0 aliphatic carbocycles. The predicted molar refractivity (Wildman–Crippen MR) is 168 cm³/mol. The number of rotatable bonds is 13. The Morgan fingerprint density at radius 2 is 1.47 bits per heavy atom. The molecule has 0 heterocycles. The number of carbonyl (C=O) groups excluding carboxylic acids is 2. The van der Waals surface area contributed by atoms with Gasteiger partial charge in [0.1, 0.15) is 18.3 Å². The highest BCUT2D eigenvalue weighted by molar-refractivity contribution is 7.92. The van der Waals surface area contributed by atoms with Crippen LogP contribution in [-0.2, 0) is 32.6 Å². The lowest BCUT2D eigenvalue weighted by Crippen LogP contribution is -2.53. The number of sulfonamides is 1. The van der Waals surface area contributed by atoms with Gasteiger partial charge in [-0.05, 0) is 49.2 Å². The second-order valence-electron chi connectivity index (χ2n) is 10.1. The van der Waals surface area contributed by atoms with Gasteiger partial charge in [0, 0.05) is 20.0 Å². The third-order valence-electron chi connectivity index (χ3n) is 7.00. The van der Waals surface area contributed by atoms with E-state index >= 15 is 0 Å². The van der Waals surface area contributed by atoms with Gasteiger partial charge in [-0.15, -0.1) is 0 Å². The zero-order valence-electron chi connectivity index (χ0n) is 24.6. The van der Waals surface area contributed by atoms with Crippen molar-refractivity contribution in [1.82, 2.24) is 10.2 Å². The zero-order chi connectivity index (χ0) is 30.8. The molecule has 2 amide bonds. The van der Waals surface area contributed by atoms with E-state index in [1.165, 1.54) is 24.1 Å². The van der Waals surface area contributed by atoms with Gasteiger partial charge in [-0.2, -0.15) is 0 Å². The number of aryl methyl sites for hydroxylation is 1. The normalized spacial score (nSPS) is 11.8. The monoisotopic (exact) mass is 599 g/mol. The third kappa shape index (κ3) is 7.81. The minimum Gasteiger partial charge on any atom is -0.492 e. The molecule has 1 N–H and O–H groups in total. The Labute approximate surface area is 254 Å². The summed E-state index contributed by atoms with van der Waals surface area (Å²) >= 11 is 0. The summed E-state index contributed by atoms with van der Waals surface area (Å²) in [5.41, 5.74) is 2.93. The van der Waals surface area contributed by atoms with Gasteiger partial charge in [0.15, 0.2) is 0 Å². The van der Waals surface area contributed by atoms with Crippen molar-refractivity contribution in [3.05, 3.63) is 126 Å². The molecule has 0 aliphatic heterocycles. The van der Waals surface area contributed by atoms with Gasteiger partial charge in [-0.25, -0.2) is 8.42 Å². The number of nitrogens with zero attached hydrogens (tertiary/aromatic N) is 2. The summed E-state index contributed by atoms with van der Waals surface area (Å²) in [7, 11) is -2.68. The minimum absolute atomic E-state index is 0.0338. The topological polar surface area (TPSA) is 96.0 Å². The number of hydrogen-bond donors (Lipinski definition) is 1. The number of anilines is 1. The highest BCUT2D eigenvalue weighted by atomic mass is 32.2. The Kier molecular flexibility index (Phi) is 10.6. The largest absolute Gasteiger partial charge is 0.492 e. The maximum absolute atomic E-state index is 14.4. The lowest BCUT2D eigenvalue weighted by atomic mass is 10.0. The molecule has 0 bridgehead atoms. The van der Waals surface area contributed by atoms with Crippen molar-refractivity contribution < 1.29 is 22.7 Å². The Bertz CT molecular complexity index is 1630. The van der Waals surface area contributed by atoms with E-state index in [2.05, 4.69) is 5.32 Å². The molecule has 43 heavy (non-hydrogen) atoms. The van der Waals surface area contributed by atoms with Gasteiger partial charge in [0.05, 0.1) is 17.2 Å². The summed E-state index contributed by atoms with van der Waals surface area (Å²) in [6.07, 6.45) is 0.249. The molecule has 4 aromatic rings. The molecule has 0 fully saturated rings. The maximum atomic E-state index is 14.4. The van der Waals surface area contributed by atoms with E-state index in [-0.39, 0.29) is 29.5 Å². The third-order valence-corrected chi connectivity index (χ3v) is 8.77. The molecule has 0 aliphatic rings. The Morgan fingerprint density at radius 1 is 0.837 bits per heavy atom. The van der Waals surface area contributed by atoms with Gasteiger partial charge in [-0.3, -0.25) is 13.9 Å². The van der Waals surface area contributed by atoms with E-state index in [9.17, 15) is 18.0 Å². The molecule has 9 heteroatoms. The first kappa shape index (κ1) is 31.3. The molecule has 0 aromatic heterocycles. The van der Waals surface area contributed by atoms with Crippen LogP contribution in [0.15, 0.2) is 114 Å². The van der Waals surface area contributed by atoms with Crippen molar-refractivity contribution in [2.75, 3.05) is 24.5 Å². The number of likely N-dealkylation sites (N-methyl/N-ethyl adjacent to an activating group) is 1. The average molecular weight is 600 g/mol. The molecule has 4 rings (SSSR count). The van der Waals surface area contributed by atoms with Crippen molar-refractivity contribution in [3.63, 3.8) is 0 Å². The van der Waals surface area contributed by atoms with E-state index < -0.39 is 28.5 Å². The number of hydrogen-bond acceptors (Lipinski definition) is 5. The maximum Gasteiger partial charge on any atom is 0.264 e. The molecule has 0 radical (unpaired) electrons.